The molecule has 1 aliphatic carbocycles. The van der Waals surface area contributed by atoms with E-state index in [0.717, 1.165) is 12.8 Å². The highest BCUT2D eigenvalue weighted by atomic mass is 19.4. The summed E-state index contributed by atoms with van der Waals surface area (Å²) in [6, 6.07) is 0.269. The summed E-state index contributed by atoms with van der Waals surface area (Å²) in [5.41, 5.74) is 0. The Morgan fingerprint density at radius 1 is 1.40 bits per heavy atom. The standard InChI is InChI=1S/C8H13F3N2O2/c9-8(10,11)15-4-3-12-5-7(14)13-6-1-2-6/h6,12H,1-5H2,(H,13,14). The van der Waals surface area contributed by atoms with Crippen molar-refractivity contribution < 1.29 is 22.7 Å². The molecule has 0 radical (unpaired) electrons. The van der Waals surface area contributed by atoms with Crippen molar-refractivity contribution in [3.8, 4) is 0 Å². The lowest BCUT2D eigenvalue weighted by atomic mass is 10.5. The van der Waals surface area contributed by atoms with Gasteiger partial charge in [0.05, 0.1) is 13.2 Å². The lowest BCUT2D eigenvalue weighted by molar-refractivity contribution is -0.323. The van der Waals surface area contributed by atoms with Crippen molar-refractivity contribution >= 4 is 5.91 Å². The predicted molar refractivity (Wildman–Crippen MR) is 46.0 cm³/mol. The van der Waals surface area contributed by atoms with E-state index < -0.39 is 13.0 Å². The van der Waals surface area contributed by atoms with Crippen LogP contribution in [-0.4, -0.2) is 38.0 Å². The molecule has 0 spiro atoms. The molecule has 1 amide bonds. The minimum atomic E-state index is -4.60. The van der Waals surface area contributed by atoms with E-state index in [2.05, 4.69) is 15.4 Å². The van der Waals surface area contributed by atoms with Crippen molar-refractivity contribution in [1.29, 1.82) is 0 Å². The van der Waals surface area contributed by atoms with Crippen LogP contribution in [0.25, 0.3) is 0 Å². The van der Waals surface area contributed by atoms with Crippen LogP contribution in [-0.2, 0) is 9.53 Å². The Morgan fingerprint density at radius 2 is 2.07 bits per heavy atom. The zero-order chi connectivity index (χ0) is 11.3. The van der Waals surface area contributed by atoms with Crippen LogP contribution in [0.1, 0.15) is 12.8 Å². The number of rotatable bonds is 6. The number of alkyl halides is 3. The van der Waals surface area contributed by atoms with Crippen molar-refractivity contribution in [3.63, 3.8) is 0 Å². The number of ether oxygens (including phenoxy) is 1. The second kappa shape index (κ2) is 5.32. The molecule has 15 heavy (non-hydrogen) atoms. The third-order valence-electron chi connectivity index (χ3n) is 1.77. The van der Waals surface area contributed by atoms with Crippen LogP contribution < -0.4 is 10.6 Å². The van der Waals surface area contributed by atoms with Crippen LogP contribution in [0.4, 0.5) is 13.2 Å². The maximum atomic E-state index is 11.5. The molecule has 0 bridgehead atoms. The zero-order valence-corrected chi connectivity index (χ0v) is 8.06. The Labute approximate surface area is 85.2 Å². The van der Waals surface area contributed by atoms with Gasteiger partial charge in [0.1, 0.15) is 0 Å². The largest absolute Gasteiger partial charge is 0.522 e. The molecule has 0 unspecified atom stereocenters. The van der Waals surface area contributed by atoms with Gasteiger partial charge in [0.25, 0.3) is 0 Å². The number of carbonyl (C=O) groups excluding carboxylic acids is 1. The summed E-state index contributed by atoms with van der Waals surface area (Å²) in [6.07, 6.45) is -2.62. The summed E-state index contributed by atoms with van der Waals surface area (Å²) in [5.74, 6) is -0.190. The molecule has 1 rings (SSSR count). The molecule has 0 aliphatic heterocycles. The molecular formula is C8H13F3N2O2. The van der Waals surface area contributed by atoms with Crippen molar-refractivity contribution in [3.05, 3.63) is 0 Å². The zero-order valence-electron chi connectivity index (χ0n) is 8.06. The van der Waals surface area contributed by atoms with Crippen LogP contribution in [0, 0.1) is 0 Å². The first-order valence-corrected chi connectivity index (χ1v) is 4.68. The molecular weight excluding hydrogens is 213 g/mol. The van der Waals surface area contributed by atoms with Crippen molar-refractivity contribution in [1.82, 2.24) is 10.6 Å². The number of hydrogen-bond donors (Lipinski definition) is 2. The van der Waals surface area contributed by atoms with E-state index >= 15 is 0 Å². The lowest BCUT2D eigenvalue weighted by Crippen LogP contribution is -2.36. The van der Waals surface area contributed by atoms with Gasteiger partial charge in [0.2, 0.25) is 5.91 Å². The highest BCUT2D eigenvalue weighted by molar-refractivity contribution is 5.78. The van der Waals surface area contributed by atoms with Gasteiger partial charge in [-0.15, -0.1) is 13.2 Å². The molecule has 0 saturated heterocycles. The van der Waals surface area contributed by atoms with Gasteiger partial charge in [0.15, 0.2) is 0 Å². The monoisotopic (exact) mass is 226 g/mol. The van der Waals surface area contributed by atoms with E-state index in [1.165, 1.54) is 0 Å². The van der Waals surface area contributed by atoms with Gasteiger partial charge in [-0.1, -0.05) is 0 Å². The topological polar surface area (TPSA) is 50.4 Å². The normalized spacial score (nSPS) is 16.5. The van der Waals surface area contributed by atoms with E-state index in [9.17, 15) is 18.0 Å². The van der Waals surface area contributed by atoms with Crippen LogP contribution in [0.2, 0.25) is 0 Å². The third kappa shape index (κ3) is 7.15. The Bertz CT molecular complexity index is 216. The van der Waals surface area contributed by atoms with Gasteiger partial charge in [-0.3, -0.25) is 9.53 Å². The highest BCUT2D eigenvalue weighted by Gasteiger charge is 2.28. The second-order valence-electron chi connectivity index (χ2n) is 3.31. The highest BCUT2D eigenvalue weighted by Crippen LogP contribution is 2.18. The molecule has 1 fully saturated rings. The Balaban J connectivity index is 1.89. The molecule has 4 nitrogen and oxygen atoms in total. The van der Waals surface area contributed by atoms with Gasteiger partial charge >= 0.3 is 6.36 Å². The van der Waals surface area contributed by atoms with E-state index in [1.54, 1.807) is 0 Å². The number of carbonyl (C=O) groups is 1. The number of halogens is 3. The number of hydrogen-bond acceptors (Lipinski definition) is 3. The minimum absolute atomic E-state index is 0.00238. The average Bonchev–Trinajstić information content (AvgIpc) is 2.85. The molecule has 0 aromatic carbocycles. The fraction of sp³-hybridized carbons (Fsp3) is 0.875. The van der Waals surface area contributed by atoms with E-state index in [0.29, 0.717) is 0 Å². The maximum Gasteiger partial charge on any atom is 0.522 e. The van der Waals surface area contributed by atoms with Gasteiger partial charge < -0.3 is 10.6 Å². The summed E-state index contributed by atoms with van der Waals surface area (Å²) in [6.45, 7) is -0.463. The fourth-order valence-corrected chi connectivity index (χ4v) is 0.947. The minimum Gasteiger partial charge on any atom is -0.352 e. The van der Waals surface area contributed by atoms with Gasteiger partial charge in [0, 0.05) is 12.6 Å². The fourth-order valence-electron chi connectivity index (χ4n) is 0.947. The van der Waals surface area contributed by atoms with E-state index in [-0.39, 0.29) is 25.0 Å². The van der Waals surface area contributed by atoms with E-state index in [4.69, 9.17) is 0 Å². The molecule has 0 aromatic heterocycles. The lowest BCUT2D eigenvalue weighted by Gasteiger charge is -2.08. The van der Waals surface area contributed by atoms with Gasteiger partial charge in [-0.2, -0.15) is 0 Å². The molecule has 88 valence electrons. The van der Waals surface area contributed by atoms with Crippen LogP contribution in [0.5, 0.6) is 0 Å². The molecule has 0 heterocycles. The Morgan fingerprint density at radius 3 is 2.60 bits per heavy atom. The first kappa shape index (κ1) is 12.3. The second-order valence-corrected chi connectivity index (χ2v) is 3.31. The third-order valence-corrected chi connectivity index (χ3v) is 1.77. The predicted octanol–water partition coefficient (Wildman–Crippen LogP) is 0.391. The molecule has 1 saturated carbocycles. The molecule has 7 heteroatoms. The molecule has 2 N–H and O–H groups in total. The first-order valence-electron chi connectivity index (χ1n) is 4.68. The van der Waals surface area contributed by atoms with Crippen LogP contribution in [0.3, 0.4) is 0 Å². The van der Waals surface area contributed by atoms with Crippen molar-refractivity contribution in [2.45, 2.75) is 25.2 Å². The number of nitrogens with one attached hydrogen (secondary N) is 2. The van der Waals surface area contributed by atoms with Crippen molar-refractivity contribution in [2.24, 2.45) is 0 Å². The Kier molecular flexibility index (Phi) is 4.34. The molecule has 0 aromatic rings. The smallest absolute Gasteiger partial charge is 0.352 e. The summed E-state index contributed by atoms with van der Waals surface area (Å²) in [5, 5.41) is 5.25. The summed E-state index contributed by atoms with van der Waals surface area (Å²) in [7, 11) is 0. The SMILES string of the molecule is O=C(CNCCOC(F)(F)F)NC1CC1. The summed E-state index contributed by atoms with van der Waals surface area (Å²) in [4.78, 5) is 11.0. The Hall–Kier alpha value is -0.820. The summed E-state index contributed by atoms with van der Waals surface area (Å²) >= 11 is 0. The van der Waals surface area contributed by atoms with Crippen LogP contribution >= 0.6 is 0 Å². The molecule has 1 aliphatic rings. The first-order chi connectivity index (χ1) is 6.97. The average molecular weight is 226 g/mol. The van der Waals surface area contributed by atoms with Crippen LogP contribution in [0.15, 0.2) is 0 Å². The van der Waals surface area contributed by atoms with Gasteiger partial charge in [-0.25, -0.2) is 0 Å². The maximum absolute atomic E-state index is 11.5. The quantitative estimate of drug-likeness (QED) is 0.644. The van der Waals surface area contributed by atoms with E-state index in [1.807, 2.05) is 0 Å². The molecule has 0 atom stereocenters. The number of amides is 1. The van der Waals surface area contributed by atoms with Gasteiger partial charge in [-0.05, 0) is 12.8 Å². The summed E-state index contributed by atoms with van der Waals surface area (Å²) < 4.78 is 38.0. The van der Waals surface area contributed by atoms with Crippen molar-refractivity contribution in [2.75, 3.05) is 19.7 Å².